The van der Waals surface area contributed by atoms with Gasteiger partial charge in [-0.3, -0.25) is 4.99 Å². The third-order valence-corrected chi connectivity index (χ3v) is 4.90. The molecular weight excluding hydrogens is 294 g/mol. The third kappa shape index (κ3) is 2.80. The first-order valence-electron chi connectivity index (χ1n) is 8.32. The number of benzene rings is 1. The summed E-state index contributed by atoms with van der Waals surface area (Å²) in [6.07, 6.45) is 6.61. The van der Waals surface area contributed by atoms with Gasteiger partial charge in [0.05, 0.1) is 11.3 Å². The zero-order valence-electron chi connectivity index (χ0n) is 14.8. The molecule has 1 aromatic carbocycles. The maximum atomic E-state index is 9.28. The van der Waals surface area contributed by atoms with Gasteiger partial charge < -0.3 is 4.57 Å². The molecule has 3 rings (SSSR count). The molecule has 0 unspecified atom stereocenters. The van der Waals surface area contributed by atoms with Crippen molar-refractivity contribution in [3.05, 3.63) is 51.8 Å². The summed E-state index contributed by atoms with van der Waals surface area (Å²) in [5.41, 5.74) is 8.69. The predicted octanol–water partition coefficient (Wildman–Crippen LogP) is 5.28. The highest BCUT2D eigenvalue weighted by atomic mass is 15.0. The maximum Gasteiger partial charge on any atom is 0.105 e. The van der Waals surface area contributed by atoms with E-state index in [1.807, 2.05) is 17.8 Å². The molecular formula is C21H23N3. The number of hydrogen-bond acceptors (Lipinski definition) is 2. The van der Waals surface area contributed by atoms with Crippen LogP contribution in [0.25, 0.3) is 11.6 Å². The van der Waals surface area contributed by atoms with E-state index in [9.17, 15) is 5.26 Å². The van der Waals surface area contributed by atoms with Gasteiger partial charge in [0.15, 0.2) is 0 Å². The van der Waals surface area contributed by atoms with Gasteiger partial charge >= 0.3 is 0 Å². The minimum Gasteiger partial charge on any atom is -0.348 e. The first-order valence-corrected chi connectivity index (χ1v) is 8.32. The minimum absolute atomic E-state index is 0.567. The minimum atomic E-state index is 0.567. The molecule has 3 nitrogen and oxygen atoms in total. The molecule has 0 N–H and O–H groups in total. The zero-order chi connectivity index (χ0) is 17.4. The van der Waals surface area contributed by atoms with E-state index in [0.29, 0.717) is 17.2 Å². The Labute approximate surface area is 144 Å². The molecule has 0 amide bonds. The van der Waals surface area contributed by atoms with Gasteiger partial charge in [0.25, 0.3) is 0 Å². The van der Waals surface area contributed by atoms with E-state index < -0.39 is 0 Å². The van der Waals surface area contributed by atoms with Gasteiger partial charge in [-0.1, -0.05) is 12.1 Å². The van der Waals surface area contributed by atoms with Crippen LogP contribution in [0, 0.1) is 25.2 Å². The quantitative estimate of drug-likeness (QED) is 0.707. The average Bonchev–Trinajstić information content (AvgIpc) is 3.33. The van der Waals surface area contributed by atoms with Crippen molar-refractivity contribution in [2.75, 3.05) is 0 Å². The Balaban J connectivity index is 2.13. The summed E-state index contributed by atoms with van der Waals surface area (Å²) in [7, 11) is 1.95. The van der Waals surface area contributed by atoms with E-state index in [1.54, 1.807) is 0 Å². The summed E-state index contributed by atoms with van der Waals surface area (Å²) in [5.74, 6) is 0.698. The van der Waals surface area contributed by atoms with Gasteiger partial charge in [0.1, 0.15) is 11.8 Å². The number of hydrogen-bond donors (Lipinski definition) is 0. The summed E-state index contributed by atoms with van der Waals surface area (Å²) in [4.78, 5) is 4.09. The smallest absolute Gasteiger partial charge is 0.105 e. The van der Waals surface area contributed by atoms with Crippen molar-refractivity contribution < 1.29 is 0 Å². The molecule has 1 aromatic heterocycles. The van der Waals surface area contributed by atoms with Crippen LogP contribution < -0.4 is 0 Å². The van der Waals surface area contributed by atoms with E-state index in [4.69, 9.17) is 0 Å². The molecule has 0 radical (unpaired) electrons. The highest BCUT2D eigenvalue weighted by molar-refractivity contribution is 5.87. The Morgan fingerprint density at radius 1 is 1.33 bits per heavy atom. The molecule has 0 bridgehead atoms. The first-order chi connectivity index (χ1) is 11.5. The Kier molecular flexibility index (Phi) is 4.15. The highest BCUT2D eigenvalue weighted by Crippen LogP contribution is 2.43. The Morgan fingerprint density at radius 2 is 2.00 bits per heavy atom. The first kappa shape index (κ1) is 16.3. The van der Waals surface area contributed by atoms with Crippen LogP contribution >= 0.6 is 0 Å². The van der Waals surface area contributed by atoms with Gasteiger partial charge in [-0.25, -0.2) is 0 Å². The van der Waals surface area contributed by atoms with E-state index in [2.05, 4.69) is 56.8 Å². The van der Waals surface area contributed by atoms with Crippen LogP contribution in [0.4, 0.5) is 5.69 Å². The normalized spacial score (nSPS) is 14.5. The predicted molar refractivity (Wildman–Crippen MR) is 101 cm³/mol. The number of nitrogens with zero attached hydrogens (tertiary/aromatic N) is 3. The fourth-order valence-electron chi connectivity index (χ4n) is 3.36. The fraction of sp³-hybridized carbons (Fsp3) is 0.333. The molecule has 2 aromatic rings. The fourth-order valence-corrected chi connectivity index (χ4v) is 3.36. The SMILES string of the molecule is C=Nc1c(C#N)cn(C)c1/C(C)=C\c1cc(C)c(C)cc1C1CC1. The second-order valence-corrected chi connectivity index (χ2v) is 6.79. The summed E-state index contributed by atoms with van der Waals surface area (Å²) in [6, 6.07) is 6.82. The van der Waals surface area contributed by atoms with Crippen LogP contribution in [0.2, 0.25) is 0 Å². The molecule has 0 saturated heterocycles. The van der Waals surface area contributed by atoms with Crippen molar-refractivity contribution >= 4 is 24.1 Å². The lowest BCUT2D eigenvalue weighted by molar-refractivity contribution is 0.907. The molecule has 1 aliphatic carbocycles. The molecule has 1 heterocycles. The highest BCUT2D eigenvalue weighted by Gasteiger charge is 2.26. The van der Waals surface area contributed by atoms with Crippen molar-refractivity contribution in [3.8, 4) is 6.07 Å². The van der Waals surface area contributed by atoms with Crippen LogP contribution in [0.3, 0.4) is 0 Å². The zero-order valence-corrected chi connectivity index (χ0v) is 14.8. The van der Waals surface area contributed by atoms with Crippen molar-refractivity contribution in [1.82, 2.24) is 4.57 Å². The number of aliphatic imine (C=N–C) groups is 1. The van der Waals surface area contributed by atoms with Crippen molar-refractivity contribution in [2.24, 2.45) is 12.0 Å². The van der Waals surface area contributed by atoms with E-state index in [0.717, 1.165) is 11.3 Å². The molecule has 24 heavy (non-hydrogen) atoms. The monoisotopic (exact) mass is 317 g/mol. The Hall–Kier alpha value is -2.60. The van der Waals surface area contributed by atoms with E-state index >= 15 is 0 Å². The third-order valence-electron chi connectivity index (χ3n) is 4.90. The number of rotatable bonds is 4. The van der Waals surface area contributed by atoms with Gasteiger partial charge in [0, 0.05) is 13.2 Å². The van der Waals surface area contributed by atoms with Gasteiger partial charge in [-0.15, -0.1) is 0 Å². The summed E-state index contributed by atoms with van der Waals surface area (Å²) in [5, 5.41) is 9.28. The second-order valence-electron chi connectivity index (χ2n) is 6.79. The standard InChI is InChI=1S/C21H23N3/c1-13-8-17(19(10-14(13)2)16-6-7-16)9-15(3)21-20(23-4)18(11-22)12-24(21)5/h8-10,12,16H,4,6-7H2,1-3,5H3/b15-9-. The number of aryl methyl sites for hydroxylation is 3. The van der Waals surface area contributed by atoms with Crippen LogP contribution in [-0.4, -0.2) is 11.3 Å². The van der Waals surface area contributed by atoms with E-state index in [-0.39, 0.29) is 0 Å². The lowest BCUT2D eigenvalue weighted by Crippen LogP contribution is -1.95. The summed E-state index contributed by atoms with van der Waals surface area (Å²) in [6.45, 7) is 10.1. The molecule has 0 atom stereocenters. The summed E-state index contributed by atoms with van der Waals surface area (Å²) < 4.78 is 1.96. The van der Waals surface area contributed by atoms with Crippen molar-refractivity contribution in [2.45, 2.75) is 39.5 Å². The molecule has 1 fully saturated rings. The number of allylic oxidation sites excluding steroid dienone is 1. The van der Waals surface area contributed by atoms with Crippen LogP contribution in [0.15, 0.2) is 23.3 Å². The molecule has 1 aliphatic rings. The number of aromatic nitrogens is 1. The topological polar surface area (TPSA) is 41.1 Å². The second kappa shape index (κ2) is 6.13. The van der Waals surface area contributed by atoms with Crippen LogP contribution in [0.1, 0.15) is 59.2 Å². The lowest BCUT2D eigenvalue weighted by atomic mass is 9.95. The molecule has 3 heteroatoms. The maximum absolute atomic E-state index is 9.28. The van der Waals surface area contributed by atoms with Crippen molar-refractivity contribution in [1.29, 1.82) is 5.26 Å². The molecule has 0 spiro atoms. The number of nitriles is 1. The van der Waals surface area contributed by atoms with E-state index in [1.165, 1.54) is 35.1 Å². The molecule has 122 valence electrons. The van der Waals surface area contributed by atoms with Gasteiger partial charge in [-0.05, 0) is 80.2 Å². The van der Waals surface area contributed by atoms with Crippen LogP contribution in [-0.2, 0) is 7.05 Å². The van der Waals surface area contributed by atoms with Gasteiger partial charge in [0.2, 0.25) is 0 Å². The van der Waals surface area contributed by atoms with Gasteiger partial charge in [-0.2, -0.15) is 5.26 Å². The van der Waals surface area contributed by atoms with Crippen LogP contribution in [0.5, 0.6) is 0 Å². The average molecular weight is 317 g/mol. The Morgan fingerprint density at radius 3 is 2.58 bits per heavy atom. The largest absolute Gasteiger partial charge is 0.348 e. The molecule has 1 saturated carbocycles. The Bertz CT molecular complexity index is 887. The molecule has 0 aliphatic heterocycles. The lowest BCUT2D eigenvalue weighted by Gasteiger charge is -2.12. The summed E-state index contributed by atoms with van der Waals surface area (Å²) >= 11 is 0. The van der Waals surface area contributed by atoms with Crippen molar-refractivity contribution in [3.63, 3.8) is 0 Å².